The Morgan fingerprint density at radius 2 is 1.93 bits per heavy atom. The number of carbonyl (C=O) groups excluding carboxylic acids is 2. The maximum atomic E-state index is 14.5. The highest BCUT2D eigenvalue weighted by atomic mass is 35.5. The Hall–Kier alpha value is -4.13. The Bertz CT molecular complexity index is 1700. The Morgan fingerprint density at radius 1 is 1.14 bits per heavy atom. The molecular weight excluding hydrogens is 585 g/mol. The van der Waals surface area contributed by atoms with E-state index in [9.17, 15) is 9.59 Å². The molecule has 1 aromatic carbocycles. The molecule has 218 valence electrons. The number of ether oxygens (including phenoxy) is 3. The van der Waals surface area contributed by atoms with Crippen LogP contribution in [0.2, 0.25) is 5.02 Å². The largest absolute Gasteiger partial charge is 0.480 e. The van der Waals surface area contributed by atoms with Crippen molar-refractivity contribution >= 4 is 40.7 Å². The van der Waals surface area contributed by atoms with Crippen molar-refractivity contribution in [1.29, 1.82) is 0 Å². The van der Waals surface area contributed by atoms with E-state index in [0.717, 1.165) is 0 Å². The first kappa shape index (κ1) is 28.0. The summed E-state index contributed by atoms with van der Waals surface area (Å²) in [6.45, 7) is 4.11. The fourth-order valence-electron chi connectivity index (χ4n) is 5.73. The zero-order valence-electron chi connectivity index (χ0n) is 23.4. The third kappa shape index (κ3) is 4.04. The van der Waals surface area contributed by atoms with E-state index in [4.69, 9.17) is 42.4 Å². The summed E-state index contributed by atoms with van der Waals surface area (Å²) in [4.78, 5) is 45.5. The number of hydrogen-bond donors (Lipinski definition) is 1. The van der Waals surface area contributed by atoms with Gasteiger partial charge in [0.1, 0.15) is 12.6 Å². The van der Waals surface area contributed by atoms with Crippen molar-refractivity contribution in [3.8, 4) is 23.3 Å². The van der Waals surface area contributed by atoms with Crippen molar-refractivity contribution in [1.82, 2.24) is 29.3 Å². The van der Waals surface area contributed by atoms with Gasteiger partial charge in [0.25, 0.3) is 11.8 Å². The number of fused-ring (bicyclic) bond motifs is 4. The quantitative estimate of drug-likeness (QED) is 0.453. The van der Waals surface area contributed by atoms with Crippen LogP contribution in [0.15, 0.2) is 47.4 Å². The normalized spacial score (nSPS) is 22.3. The first-order chi connectivity index (χ1) is 20.1. The number of aromatic nitrogens is 4. The summed E-state index contributed by atoms with van der Waals surface area (Å²) in [7, 11) is 4.74. The maximum Gasteiger partial charge on any atom is 0.319 e. The molecule has 0 bridgehead atoms. The van der Waals surface area contributed by atoms with Gasteiger partial charge < -0.3 is 29.0 Å². The molecule has 1 N–H and O–H groups in total. The molecule has 3 aliphatic heterocycles. The van der Waals surface area contributed by atoms with Crippen LogP contribution in [-0.4, -0.2) is 75.7 Å². The minimum atomic E-state index is -1.65. The number of allylic oxidation sites excluding steroid dienone is 2. The standard InChI is InChI=1S/C28H27Cl2N7O5/c1-14(2)36-22-21(33-23(36)18-10-31-27(41-5)34-24(18)40-4)25(38)37(17-8-16(30)11-35(3)13-42-12-17)28(22)19-7-6-15(29)9-20(19)32-26(28)39/h6-11,14H,12-13H2,1-5H3,(H,32,39)/b16-11+,17-8+. The Balaban J connectivity index is 1.68. The zero-order chi connectivity index (χ0) is 29.9. The lowest BCUT2D eigenvalue weighted by atomic mass is 9.87. The SMILES string of the molecule is COc1ncc(-c2nc3c(n2C(C)C)C2(C(=O)Nc4cc(Cl)ccc42)N(/C2=C/C(Cl)=C\N(C)COC2)C3=O)c(OC)n1. The van der Waals surface area contributed by atoms with Crippen molar-refractivity contribution < 1.29 is 23.8 Å². The minimum Gasteiger partial charge on any atom is -0.480 e. The van der Waals surface area contributed by atoms with E-state index in [-0.39, 0.29) is 37.0 Å². The highest BCUT2D eigenvalue weighted by molar-refractivity contribution is 6.31. The van der Waals surface area contributed by atoms with Crippen LogP contribution in [0, 0.1) is 0 Å². The van der Waals surface area contributed by atoms with Gasteiger partial charge >= 0.3 is 6.01 Å². The Labute approximate surface area is 251 Å². The van der Waals surface area contributed by atoms with Gasteiger partial charge in [0, 0.05) is 41.8 Å². The highest BCUT2D eigenvalue weighted by Crippen LogP contribution is 2.54. The number of methoxy groups -OCH3 is 2. The number of hydrogen-bond acceptors (Lipinski definition) is 9. The predicted octanol–water partition coefficient (Wildman–Crippen LogP) is 4.13. The van der Waals surface area contributed by atoms with E-state index in [2.05, 4.69) is 15.3 Å². The number of rotatable bonds is 5. The molecule has 3 aliphatic rings. The molecule has 2 aromatic heterocycles. The molecule has 12 nitrogen and oxygen atoms in total. The molecule has 1 unspecified atom stereocenters. The van der Waals surface area contributed by atoms with Crippen LogP contribution in [-0.2, 0) is 15.1 Å². The molecular formula is C28H27Cl2N7O5. The summed E-state index contributed by atoms with van der Waals surface area (Å²) in [5.41, 5.74) is 0.662. The van der Waals surface area contributed by atoms with Crippen molar-refractivity contribution in [2.24, 2.45) is 0 Å². The van der Waals surface area contributed by atoms with Crippen LogP contribution in [0.4, 0.5) is 5.69 Å². The third-order valence-corrected chi connectivity index (χ3v) is 7.73. The summed E-state index contributed by atoms with van der Waals surface area (Å²) in [5.74, 6) is -0.380. The summed E-state index contributed by atoms with van der Waals surface area (Å²) < 4.78 is 18.5. The molecule has 1 spiro atoms. The number of nitrogens with zero attached hydrogens (tertiary/aromatic N) is 6. The highest BCUT2D eigenvalue weighted by Gasteiger charge is 2.64. The van der Waals surface area contributed by atoms with Gasteiger partial charge in [0.05, 0.1) is 42.8 Å². The lowest BCUT2D eigenvalue weighted by molar-refractivity contribution is -0.123. The van der Waals surface area contributed by atoms with Crippen LogP contribution in [0.25, 0.3) is 11.4 Å². The van der Waals surface area contributed by atoms with Crippen molar-refractivity contribution in [3.63, 3.8) is 0 Å². The number of amides is 2. The van der Waals surface area contributed by atoms with Gasteiger partial charge in [-0.2, -0.15) is 4.98 Å². The smallest absolute Gasteiger partial charge is 0.319 e. The Morgan fingerprint density at radius 3 is 2.64 bits per heavy atom. The maximum absolute atomic E-state index is 14.5. The van der Waals surface area contributed by atoms with Crippen LogP contribution < -0.4 is 14.8 Å². The first-order valence-corrected chi connectivity index (χ1v) is 13.8. The summed E-state index contributed by atoms with van der Waals surface area (Å²) in [6, 6.07) is 4.93. The summed E-state index contributed by atoms with van der Waals surface area (Å²) >= 11 is 12.9. The number of anilines is 1. The minimum absolute atomic E-state index is 0.0110. The number of halogens is 2. The van der Waals surface area contributed by atoms with Gasteiger partial charge in [0.2, 0.25) is 5.88 Å². The molecule has 0 aliphatic carbocycles. The topological polar surface area (TPSA) is 124 Å². The second-order valence-corrected chi connectivity index (χ2v) is 11.1. The van der Waals surface area contributed by atoms with E-state index >= 15 is 0 Å². The fraction of sp³-hybridized carbons (Fsp3) is 0.321. The number of nitrogens with one attached hydrogen (secondary N) is 1. The summed E-state index contributed by atoms with van der Waals surface area (Å²) in [6.07, 6.45) is 4.83. The molecule has 2 amide bonds. The predicted molar refractivity (Wildman–Crippen MR) is 154 cm³/mol. The van der Waals surface area contributed by atoms with E-state index in [0.29, 0.717) is 44.1 Å². The van der Waals surface area contributed by atoms with Gasteiger partial charge in [-0.05, 0) is 32.1 Å². The fourth-order valence-corrected chi connectivity index (χ4v) is 6.19. The van der Waals surface area contributed by atoms with Crippen LogP contribution in [0.5, 0.6) is 11.9 Å². The zero-order valence-corrected chi connectivity index (χ0v) is 24.9. The van der Waals surface area contributed by atoms with Gasteiger partial charge in [-0.3, -0.25) is 14.5 Å². The lowest BCUT2D eigenvalue weighted by Gasteiger charge is -2.37. The lowest BCUT2D eigenvalue weighted by Crippen LogP contribution is -2.51. The third-order valence-electron chi connectivity index (χ3n) is 7.29. The number of benzene rings is 1. The van der Waals surface area contributed by atoms with E-state index in [1.807, 2.05) is 25.5 Å². The molecule has 5 heterocycles. The van der Waals surface area contributed by atoms with Crippen molar-refractivity contribution in [3.05, 3.63) is 69.4 Å². The average molecular weight is 612 g/mol. The molecule has 0 saturated carbocycles. The van der Waals surface area contributed by atoms with Gasteiger partial charge in [0.15, 0.2) is 11.2 Å². The van der Waals surface area contributed by atoms with E-state index < -0.39 is 17.4 Å². The molecule has 14 heteroatoms. The van der Waals surface area contributed by atoms with Crippen LogP contribution in [0.3, 0.4) is 0 Å². The van der Waals surface area contributed by atoms with Gasteiger partial charge in [-0.25, -0.2) is 9.97 Å². The van der Waals surface area contributed by atoms with Crippen molar-refractivity contribution in [2.45, 2.75) is 25.4 Å². The Kier molecular flexibility index (Phi) is 6.87. The van der Waals surface area contributed by atoms with Crippen molar-refractivity contribution in [2.75, 3.05) is 39.9 Å². The molecule has 0 fully saturated rings. The average Bonchev–Trinajstić information content (AvgIpc) is 3.55. The monoisotopic (exact) mass is 611 g/mol. The molecule has 42 heavy (non-hydrogen) atoms. The van der Waals surface area contributed by atoms with Crippen LogP contribution >= 0.6 is 23.2 Å². The first-order valence-electron chi connectivity index (χ1n) is 13.0. The molecule has 0 saturated heterocycles. The molecule has 0 radical (unpaired) electrons. The molecule has 6 rings (SSSR count). The second kappa shape index (κ2) is 10.3. The van der Waals surface area contributed by atoms with Gasteiger partial charge in [-0.1, -0.05) is 29.3 Å². The number of imidazole rings is 1. The van der Waals surface area contributed by atoms with E-state index in [1.54, 1.807) is 35.4 Å². The molecule has 3 aromatic rings. The number of carbonyl (C=O) groups is 2. The molecule has 1 atom stereocenters. The van der Waals surface area contributed by atoms with Crippen LogP contribution in [0.1, 0.15) is 41.6 Å². The second-order valence-electron chi connectivity index (χ2n) is 10.3. The van der Waals surface area contributed by atoms with Gasteiger partial charge in [-0.15, -0.1) is 0 Å². The summed E-state index contributed by atoms with van der Waals surface area (Å²) in [5, 5.41) is 3.75. The van der Waals surface area contributed by atoms with E-state index in [1.165, 1.54) is 25.3 Å².